The first kappa shape index (κ1) is 13.5. The Kier molecular flexibility index (Phi) is 3.95. The van der Waals surface area contributed by atoms with E-state index in [4.69, 9.17) is 11.6 Å². The minimum atomic E-state index is 0.803. The Morgan fingerprint density at radius 3 is 2.70 bits per heavy atom. The number of hydrogen-bond acceptors (Lipinski definition) is 2. The van der Waals surface area contributed by atoms with Crippen LogP contribution in [0.15, 0.2) is 42.5 Å². The van der Waals surface area contributed by atoms with Crippen molar-refractivity contribution in [3.05, 3.63) is 64.2 Å². The van der Waals surface area contributed by atoms with Gasteiger partial charge in [-0.05, 0) is 48.4 Å². The number of anilines is 1. The fourth-order valence-electron chi connectivity index (χ4n) is 2.75. The zero-order valence-corrected chi connectivity index (χ0v) is 12.5. The second-order valence-electron chi connectivity index (χ2n) is 5.47. The molecule has 3 heteroatoms. The summed E-state index contributed by atoms with van der Waals surface area (Å²) in [5.74, 6) is 0. The molecule has 0 amide bonds. The lowest BCUT2D eigenvalue weighted by Crippen LogP contribution is -2.17. The van der Waals surface area contributed by atoms with Crippen molar-refractivity contribution in [3.8, 4) is 0 Å². The summed E-state index contributed by atoms with van der Waals surface area (Å²) in [6, 6.07) is 14.8. The minimum Gasteiger partial charge on any atom is -0.384 e. The first-order valence-electron chi connectivity index (χ1n) is 6.99. The quantitative estimate of drug-likeness (QED) is 0.916. The molecule has 2 aromatic carbocycles. The van der Waals surface area contributed by atoms with Gasteiger partial charge in [0, 0.05) is 30.3 Å². The maximum absolute atomic E-state index is 6.03. The summed E-state index contributed by atoms with van der Waals surface area (Å²) in [5, 5.41) is 4.24. The fourth-order valence-corrected chi connectivity index (χ4v) is 2.96. The highest BCUT2D eigenvalue weighted by molar-refractivity contribution is 6.30. The molecule has 0 aliphatic carbocycles. The summed E-state index contributed by atoms with van der Waals surface area (Å²) in [7, 11) is 2.14. The molecule has 1 aliphatic heterocycles. The van der Waals surface area contributed by atoms with Gasteiger partial charge in [0.1, 0.15) is 0 Å². The average Bonchev–Trinajstić information content (AvgIpc) is 2.86. The molecular weight excluding hydrogens is 268 g/mol. The van der Waals surface area contributed by atoms with Gasteiger partial charge in [-0.25, -0.2) is 0 Å². The van der Waals surface area contributed by atoms with E-state index in [-0.39, 0.29) is 0 Å². The van der Waals surface area contributed by atoms with Crippen molar-refractivity contribution in [1.29, 1.82) is 0 Å². The van der Waals surface area contributed by atoms with Gasteiger partial charge in [-0.3, -0.25) is 4.90 Å². The lowest BCUT2D eigenvalue weighted by atomic mass is 10.1. The van der Waals surface area contributed by atoms with Crippen molar-refractivity contribution in [2.24, 2.45) is 0 Å². The summed E-state index contributed by atoms with van der Waals surface area (Å²) < 4.78 is 0. The molecule has 1 N–H and O–H groups in total. The number of nitrogens with one attached hydrogen (secondary N) is 1. The van der Waals surface area contributed by atoms with Crippen LogP contribution < -0.4 is 5.32 Å². The fraction of sp³-hybridized carbons (Fsp3) is 0.294. The molecule has 3 rings (SSSR count). The first-order valence-corrected chi connectivity index (χ1v) is 7.37. The van der Waals surface area contributed by atoms with Gasteiger partial charge in [0.05, 0.1) is 0 Å². The van der Waals surface area contributed by atoms with E-state index in [0.29, 0.717) is 0 Å². The number of nitrogens with zero attached hydrogens (tertiary/aromatic N) is 1. The van der Waals surface area contributed by atoms with E-state index >= 15 is 0 Å². The van der Waals surface area contributed by atoms with Crippen molar-refractivity contribution in [3.63, 3.8) is 0 Å². The van der Waals surface area contributed by atoms with Crippen LogP contribution in [-0.2, 0) is 19.5 Å². The van der Waals surface area contributed by atoms with Crippen molar-refractivity contribution >= 4 is 17.3 Å². The molecule has 2 nitrogen and oxygen atoms in total. The van der Waals surface area contributed by atoms with Gasteiger partial charge in [-0.15, -0.1) is 0 Å². The Morgan fingerprint density at radius 2 is 1.90 bits per heavy atom. The largest absolute Gasteiger partial charge is 0.384 e. The third-order valence-corrected chi connectivity index (χ3v) is 3.91. The summed E-state index contributed by atoms with van der Waals surface area (Å²) in [6.07, 6.45) is 1.15. The molecule has 0 aromatic heterocycles. The molecule has 0 atom stereocenters. The predicted octanol–water partition coefficient (Wildman–Crippen LogP) is 3.94. The SMILES string of the molecule is CN(Cc1cccc(Cl)c1)Cc1ccc2c(c1)NCC2. The zero-order valence-electron chi connectivity index (χ0n) is 11.7. The second kappa shape index (κ2) is 5.86. The number of fused-ring (bicyclic) bond motifs is 1. The van der Waals surface area contributed by atoms with E-state index in [2.05, 4.69) is 41.5 Å². The summed E-state index contributed by atoms with van der Waals surface area (Å²) in [6.45, 7) is 2.92. The lowest BCUT2D eigenvalue weighted by Gasteiger charge is -2.17. The Morgan fingerprint density at radius 1 is 1.10 bits per heavy atom. The first-order chi connectivity index (χ1) is 9.70. The Hall–Kier alpha value is -1.51. The van der Waals surface area contributed by atoms with Crippen LogP contribution in [0, 0.1) is 0 Å². The molecule has 0 saturated heterocycles. The molecule has 104 valence electrons. The van der Waals surface area contributed by atoms with Crippen LogP contribution in [-0.4, -0.2) is 18.5 Å². The van der Waals surface area contributed by atoms with Gasteiger partial charge in [-0.2, -0.15) is 0 Å². The summed E-state index contributed by atoms with van der Waals surface area (Å²) in [4.78, 5) is 2.31. The second-order valence-corrected chi connectivity index (χ2v) is 5.91. The molecule has 0 spiro atoms. The number of hydrogen-bond donors (Lipinski definition) is 1. The monoisotopic (exact) mass is 286 g/mol. The molecule has 1 heterocycles. The lowest BCUT2D eigenvalue weighted by molar-refractivity contribution is 0.319. The van der Waals surface area contributed by atoms with Crippen molar-refractivity contribution in [1.82, 2.24) is 4.90 Å². The van der Waals surface area contributed by atoms with Crippen LogP contribution in [0.2, 0.25) is 5.02 Å². The van der Waals surface area contributed by atoms with Gasteiger partial charge < -0.3 is 5.32 Å². The molecule has 1 aliphatic rings. The van der Waals surface area contributed by atoms with Crippen LogP contribution in [0.4, 0.5) is 5.69 Å². The van der Waals surface area contributed by atoms with Crippen molar-refractivity contribution < 1.29 is 0 Å². The zero-order chi connectivity index (χ0) is 13.9. The summed E-state index contributed by atoms with van der Waals surface area (Å²) in [5.41, 5.74) is 5.34. The maximum Gasteiger partial charge on any atom is 0.0409 e. The molecule has 2 aromatic rings. The van der Waals surface area contributed by atoms with Gasteiger partial charge in [-0.1, -0.05) is 35.9 Å². The predicted molar refractivity (Wildman–Crippen MR) is 85.3 cm³/mol. The van der Waals surface area contributed by atoms with Gasteiger partial charge in [0.2, 0.25) is 0 Å². The van der Waals surface area contributed by atoms with Crippen LogP contribution in [0.1, 0.15) is 16.7 Å². The van der Waals surface area contributed by atoms with Crippen LogP contribution >= 0.6 is 11.6 Å². The molecule has 0 radical (unpaired) electrons. The smallest absolute Gasteiger partial charge is 0.0409 e. The normalized spacial score (nSPS) is 13.3. The van der Waals surface area contributed by atoms with E-state index in [9.17, 15) is 0 Å². The maximum atomic E-state index is 6.03. The van der Waals surface area contributed by atoms with Crippen LogP contribution in [0.5, 0.6) is 0 Å². The topological polar surface area (TPSA) is 15.3 Å². The van der Waals surface area contributed by atoms with E-state index in [1.807, 2.05) is 18.2 Å². The standard InChI is InChI=1S/C17H19ClN2/c1-20(11-13-3-2-4-16(18)9-13)12-14-5-6-15-7-8-19-17(15)10-14/h2-6,9-10,19H,7-8,11-12H2,1H3. The highest BCUT2D eigenvalue weighted by atomic mass is 35.5. The van der Waals surface area contributed by atoms with Gasteiger partial charge >= 0.3 is 0 Å². The average molecular weight is 287 g/mol. The molecule has 0 saturated carbocycles. The van der Waals surface area contributed by atoms with E-state index in [1.54, 1.807) is 0 Å². The third kappa shape index (κ3) is 3.14. The molecule has 0 unspecified atom stereocenters. The Bertz CT molecular complexity index is 610. The van der Waals surface area contributed by atoms with Gasteiger partial charge in [0.15, 0.2) is 0 Å². The molecule has 20 heavy (non-hydrogen) atoms. The number of benzene rings is 2. The summed E-state index contributed by atoms with van der Waals surface area (Å²) >= 11 is 6.03. The van der Waals surface area contributed by atoms with Gasteiger partial charge in [0.25, 0.3) is 0 Å². The molecule has 0 bridgehead atoms. The highest BCUT2D eigenvalue weighted by Gasteiger charge is 2.10. The Labute approximate surface area is 125 Å². The minimum absolute atomic E-state index is 0.803. The highest BCUT2D eigenvalue weighted by Crippen LogP contribution is 2.24. The van der Waals surface area contributed by atoms with E-state index in [1.165, 1.54) is 22.4 Å². The Balaban J connectivity index is 1.65. The molecular formula is C17H19ClN2. The third-order valence-electron chi connectivity index (χ3n) is 3.68. The van der Waals surface area contributed by atoms with Crippen LogP contribution in [0.3, 0.4) is 0 Å². The van der Waals surface area contributed by atoms with Crippen molar-refractivity contribution in [2.75, 3.05) is 18.9 Å². The van der Waals surface area contributed by atoms with Crippen LogP contribution in [0.25, 0.3) is 0 Å². The molecule has 0 fully saturated rings. The van der Waals surface area contributed by atoms with E-state index < -0.39 is 0 Å². The van der Waals surface area contributed by atoms with Crippen molar-refractivity contribution in [2.45, 2.75) is 19.5 Å². The number of rotatable bonds is 4. The van der Waals surface area contributed by atoms with E-state index in [0.717, 1.165) is 31.1 Å². The number of halogens is 1.